The maximum absolute atomic E-state index is 9.00. The van der Waals surface area contributed by atoms with Gasteiger partial charge in [0.25, 0.3) is 0 Å². The summed E-state index contributed by atoms with van der Waals surface area (Å²) in [7, 11) is 0. The fourth-order valence-electron chi connectivity index (χ4n) is 0.902. The van der Waals surface area contributed by atoms with Crippen molar-refractivity contribution in [3.63, 3.8) is 0 Å². The zero-order valence-corrected chi connectivity index (χ0v) is 7.20. The predicted octanol–water partition coefficient (Wildman–Crippen LogP) is 0.193. The van der Waals surface area contributed by atoms with Crippen LogP contribution in [-0.4, -0.2) is 40.4 Å². The minimum atomic E-state index is -0.383. The molecule has 0 aliphatic heterocycles. The van der Waals surface area contributed by atoms with Gasteiger partial charge in [0.2, 0.25) is 0 Å². The first kappa shape index (κ1) is 10.5. The van der Waals surface area contributed by atoms with Crippen LogP contribution in [0.1, 0.15) is 13.8 Å². The summed E-state index contributed by atoms with van der Waals surface area (Å²) in [6.07, 6.45) is 0.859. The second-order valence-electron chi connectivity index (χ2n) is 2.83. The molecule has 0 heterocycles. The highest BCUT2D eigenvalue weighted by atomic mass is 16.3. The molecule has 3 nitrogen and oxygen atoms in total. The molecule has 0 saturated carbocycles. The predicted molar refractivity (Wildman–Crippen MR) is 45.1 cm³/mol. The van der Waals surface area contributed by atoms with Gasteiger partial charge in [0.15, 0.2) is 0 Å². The third-order valence-corrected chi connectivity index (χ3v) is 1.26. The molecule has 0 aromatic rings. The first-order chi connectivity index (χ1) is 5.06. The zero-order valence-electron chi connectivity index (χ0n) is 7.20. The lowest BCUT2D eigenvalue weighted by atomic mass is 10.3. The summed E-state index contributed by atoms with van der Waals surface area (Å²) in [6, 6.07) is 0. The summed E-state index contributed by atoms with van der Waals surface area (Å²) in [5.41, 5.74) is 0. The van der Waals surface area contributed by atoms with Crippen LogP contribution in [0, 0.1) is 0 Å². The standard InChI is InChI=1S/C8H17NO2/c1-4-9(5-7(2)10)6-8(3)11/h4,7-8,10-11H,1,5-6H2,2-3H3/t7-,8+. The molecular weight excluding hydrogens is 142 g/mol. The molecule has 0 aliphatic rings. The molecule has 0 spiro atoms. The number of hydrogen-bond acceptors (Lipinski definition) is 3. The van der Waals surface area contributed by atoms with Gasteiger partial charge in [0.05, 0.1) is 12.2 Å². The van der Waals surface area contributed by atoms with E-state index in [0.717, 1.165) is 0 Å². The second-order valence-corrected chi connectivity index (χ2v) is 2.83. The number of aliphatic hydroxyl groups is 2. The largest absolute Gasteiger partial charge is 0.392 e. The van der Waals surface area contributed by atoms with E-state index in [1.54, 1.807) is 24.9 Å². The highest BCUT2D eigenvalue weighted by Gasteiger charge is 2.05. The van der Waals surface area contributed by atoms with Crippen molar-refractivity contribution in [2.75, 3.05) is 13.1 Å². The molecule has 0 saturated heterocycles. The molecule has 0 fully saturated rings. The van der Waals surface area contributed by atoms with Gasteiger partial charge in [-0.2, -0.15) is 0 Å². The van der Waals surface area contributed by atoms with Gasteiger partial charge in [-0.3, -0.25) is 0 Å². The summed E-state index contributed by atoms with van der Waals surface area (Å²) < 4.78 is 0. The van der Waals surface area contributed by atoms with Crippen LogP contribution in [0.25, 0.3) is 0 Å². The Balaban J connectivity index is 3.67. The minimum absolute atomic E-state index is 0.383. The van der Waals surface area contributed by atoms with Crippen LogP contribution in [0.15, 0.2) is 12.8 Å². The summed E-state index contributed by atoms with van der Waals surface area (Å²) >= 11 is 0. The summed E-state index contributed by atoms with van der Waals surface area (Å²) in [4.78, 5) is 1.79. The Hall–Kier alpha value is -0.540. The normalized spacial score (nSPS) is 15.6. The van der Waals surface area contributed by atoms with Crippen LogP contribution in [0.4, 0.5) is 0 Å². The Bertz CT molecular complexity index is 103. The fourth-order valence-corrected chi connectivity index (χ4v) is 0.902. The van der Waals surface area contributed by atoms with Crippen molar-refractivity contribution in [3.8, 4) is 0 Å². The molecule has 0 aromatic carbocycles. The van der Waals surface area contributed by atoms with Crippen molar-refractivity contribution in [2.45, 2.75) is 26.1 Å². The molecule has 2 N–H and O–H groups in total. The maximum Gasteiger partial charge on any atom is 0.0686 e. The van der Waals surface area contributed by atoms with E-state index in [1.807, 2.05) is 0 Å². The summed E-state index contributed by atoms with van der Waals surface area (Å²) in [5, 5.41) is 18.0. The van der Waals surface area contributed by atoms with E-state index in [2.05, 4.69) is 6.58 Å². The number of aliphatic hydroxyl groups excluding tert-OH is 2. The van der Waals surface area contributed by atoms with Crippen molar-refractivity contribution < 1.29 is 10.2 Å². The van der Waals surface area contributed by atoms with Crippen LogP contribution in [0.5, 0.6) is 0 Å². The Labute approximate surface area is 68.0 Å². The highest BCUT2D eigenvalue weighted by Crippen LogP contribution is 1.94. The van der Waals surface area contributed by atoms with Crippen molar-refractivity contribution in [2.24, 2.45) is 0 Å². The Morgan fingerprint density at radius 3 is 1.82 bits per heavy atom. The molecule has 0 unspecified atom stereocenters. The lowest BCUT2D eigenvalue weighted by molar-refractivity contribution is 0.110. The summed E-state index contributed by atoms with van der Waals surface area (Å²) in [6.45, 7) is 8.03. The van der Waals surface area contributed by atoms with Crippen molar-refractivity contribution in [1.29, 1.82) is 0 Å². The topological polar surface area (TPSA) is 43.7 Å². The number of rotatable bonds is 5. The monoisotopic (exact) mass is 159 g/mol. The van der Waals surface area contributed by atoms with Crippen molar-refractivity contribution in [3.05, 3.63) is 12.8 Å². The van der Waals surface area contributed by atoms with E-state index in [9.17, 15) is 0 Å². The lowest BCUT2D eigenvalue weighted by Crippen LogP contribution is -2.31. The molecule has 3 heteroatoms. The number of hydrogen-bond donors (Lipinski definition) is 2. The van der Waals surface area contributed by atoms with E-state index >= 15 is 0 Å². The molecule has 0 aliphatic carbocycles. The van der Waals surface area contributed by atoms with Gasteiger partial charge in [0.1, 0.15) is 0 Å². The Morgan fingerprint density at radius 1 is 1.27 bits per heavy atom. The van der Waals surface area contributed by atoms with E-state index < -0.39 is 0 Å². The van der Waals surface area contributed by atoms with Crippen LogP contribution in [0.2, 0.25) is 0 Å². The van der Waals surface area contributed by atoms with Gasteiger partial charge >= 0.3 is 0 Å². The van der Waals surface area contributed by atoms with E-state index in [1.165, 1.54) is 0 Å². The second kappa shape index (κ2) is 5.16. The molecule has 0 amide bonds. The molecule has 66 valence electrons. The quantitative estimate of drug-likeness (QED) is 0.602. The molecule has 2 atom stereocenters. The molecule has 0 bridgehead atoms. The fraction of sp³-hybridized carbons (Fsp3) is 0.750. The van der Waals surface area contributed by atoms with Gasteiger partial charge in [-0.15, -0.1) is 0 Å². The summed E-state index contributed by atoms with van der Waals surface area (Å²) in [5.74, 6) is 0. The third-order valence-electron chi connectivity index (χ3n) is 1.26. The average molecular weight is 159 g/mol. The van der Waals surface area contributed by atoms with Gasteiger partial charge in [0, 0.05) is 13.1 Å². The Morgan fingerprint density at radius 2 is 1.64 bits per heavy atom. The van der Waals surface area contributed by atoms with Crippen LogP contribution >= 0.6 is 0 Å². The smallest absolute Gasteiger partial charge is 0.0686 e. The third kappa shape index (κ3) is 5.88. The number of nitrogens with zero attached hydrogens (tertiary/aromatic N) is 1. The molecule has 11 heavy (non-hydrogen) atoms. The molecule has 0 rings (SSSR count). The minimum Gasteiger partial charge on any atom is -0.392 e. The lowest BCUT2D eigenvalue weighted by Gasteiger charge is -2.22. The highest BCUT2D eigenvalue weighted by molar-refractivity contribution is 4.74. The SMILES string of the molecule is C=CN(C[C@H](C)O)C[C@@H](C)O. The molecule has 0 radical (unpaired) electrons. The maximum atomic E-state index is 9.00. The van der Waals surface area contributed by atoms with Crippen LogP contribution in [-0.2, 0) is 0 Å². The van der Waals surface area contributed by atoms with Crippen molar-refractivity contribution in [1.82, 2.24) is 4.90 Å². The average Bonchev–Trinajstić information content (AvgIpc) is 1.84. The zero-order chi connectivity index (χ0) is 8.85. The van der Waals surface area contributed by atoms with E-state index in [0.29, 0.717) is 13.1 Å². The van der Waals surface area contributed by atoms with Gasteiger partial charge in [-0.05, 0) is 20.0 Å². The Kier molecular flexibility index (Phi) is 4.90. The molecule has 0 aromatic heterocycles. The molecular formula is C8H17NO2. The van der Waals surface area contributed by atoms with E-state index in [4.69, 9.17) is 10.2 Å². The van der Waals surface area contributed by atoms with Crippen molar-refractivity contribution >= 4 is 0 Å². The van der Waals surface area contributed by atoms with Crippen LogP contribution < -0.4 is 0 Å². The van der Waals surface area contributed by atoms with Crippen LogP contribution in [0.3, 0.4) is 0 Å². The van der Waals surface area contributed by atoms with Gasteiger partial charge < -0.3 is 15.1 Å². The first-order valence-corrected chi connectivity index (χ1v) is 3.79. The van der Waals surface area contributed by atoms with Gasteiger partial charge in [-0.25, -0.2) is 0 Å². The van der Waals surface area contributed by atoms with Gasteiger partial charge in [-0.1, -0.05) is 6.58 Å². The first-order valence-electron chi connectivity index (χ1n) is 3.79. The van der Waals surface area contributed by atoms with E-state index in [-0.39, 0.29) is 12.2 Å².